The van der Waals surface area contributed by atoms with Crippen molar-refractivity contribution < 1.29 is 0 Å². The van der Waals surface area contributed by atoms with Gasteiger partial charge in [-0.3, -0.25) is 0 Å². The van der Waals surface area contributed by atoms with Gasteiger partial charge in [0.05, 0.1) is 0 Å². The Balaban J connectivity index is 1.81. The molecule has 1 saturated carbocycles. The van der Waals surface area contributed by atoms with Gasteiger partial charge >= 0.3 is 0 Å². The van der Waals surface area contributed by atoms with Gasteiger partial charge in [0.15, 0.2) is 0 Å². The van der Waals surface area contributed by atoms with Crippen LogP contribution < -0.4 is 0 Å². The molecule has 1 aliphatic carbocycles. The van der Waals surface area contributed by atoms with Crippen molar-refractivity contribution in [1.82, 2.24) is 4.31 Å². The Bertz CT molecular complexity index is 314. The molecule has 1 nitrogen and oxygen atoms in total. The zero-order valence-corrected chi connectivity index (χ0v) is 11.1. The van der Waals surface area contributed by atoms with Gasteiger partial charge in [-0.05, 0) is 56.8 Å². The molecule has 0 amide bonds. The summed E-state index contributed by atoms with van der Waals surface area (Å²) in [6, 6.07) is 8.80. The van der Waals surface area contributed by atoms with Crippen molar-refractivity contribution in [3.63, 3.8) is 0 Å². The van der Waals surface area contributed by atoms with E-state index in [0.29, 0.717) is 0 Å². The van der Waals surface area contributed by atoms with Crippen LogP contribution in [0.25, 0.3) is 0 Å². The number of nitrogens with zero attached hydrogens (tertiary/aromatic N) is 1. The highest BCUT2D eigenvalue weighted by molar-refractivity contribution is 7.97. The molecule has 1 aromatic carbocycles. The number of hydrogen-bond donors (Lipinski definition) is 0. The first kappa shape index (κ1) is 12.0. The van der Waals surface area contributed by atoms with Gasteiger partial charge in [0, 0.05) is 11.4 Å². The summed E-state index contributed by atoms with van der Waals surface area (Å²) in [6.07, 6.45) is 5.74. The predicted octanol–water partition coefficient (Wildman–Crippen LogP) is 4.12. The first-order chi connectivity index (χ1) is 7.74. The maximum Gasteiger partial charge on any atom is 0.0230 e. The monoisotopic (exact) mass is 235 g/mol. The topological polar surface area (TPSA) is 3.24 Å². The molecule has 0 radical (unpaired) electrons. The number of aryl methyl sites for hydroxylation is 1. The van der Waals surface area contributed by atoms with Crippen molar-refractivity contribution in [1.29, 1.82) is 0 Å². The van der Waals surface area contributed by atoms with Crippen LogP contribution in [0.2, 0.25) is 0 Å². The minimum Gasteiger partial charge on any atom is -0.249 e. The van der Waals surface area contributed by atoms with E-state index in [4.69, 9.17) is 0 Å². The summed E-state index contributed by atoms with van der Waals surface area (Å²) in [5.74, 6) is 0.933. The molecule has 0 spiro atoms. The molecule has 0 heterocycles. The van der Waals surface area contributed by atoms with Crippen LogP contribution in [0.1, 0.15) is 31.2 Å². The van der Waals surface area contributed by atoms with Gasteiger partial charge < -0.3 is 0 Å². The summed E-state index contributed by atoms with van der Waals surface area (Å²) in [6.45, 7) is 3.37. The normalized spacial score (nSPS) is 17.2. The van der Waals surface area contributed by atoms with E-state index in [2.05, 4.69) is 42.5 Å². The summed E-state index contributed by atoms with van der Waals surface area (Å²) in [5, 5.41) is 0. The predicted molar refractivity (Wildman–Crippen MR) is 71.6 cm³/mol. The molecular weight excluding hydrogens is 214 g/mol. The molecule has 0 aliphatic heterocycles. The molecule has 2 rings (SSSR count). The average molecular weight is 235 g/mol. The summed E-state index contributed by atoms with van der Waals surface area (Å²) < 4.78 is 2.39. The molecule has 88 valence electrons. The standard InChI is InChI=1S/C14H21NS/c1-12-7-9-14(10-8-12)16-15(2)11-13-5-3-4-6-13/h7-10,13H,3-6,11H2,1-2H3. The fourth-order valence-electron chi connectivity index (χ4n) is 2.37. The van der Waals surface area contributed by atoms with Gasteiger partial charge in [-0.25, -0.2) is 4.31 Å². The molecule has 0 bridgehead atoms. The van der Waals surface area contributed by atoms with Crippen LogP contribution in [0.5, 0.6) is 0 Å². The molecule has 2 heteroatoms. The first-order valence-corrected chi connectivity index (χ1v) is 6.97. The van der Waals surface area contributed by atoms with E-state index in [1.54, 1.807) is 0 Å². The zero-order valence-electron chi connectivity index (χ0n) is 10.3. The fourth-order valence-corrected chi connectivity index (χ4v) is 3.28. The first-order valence-electron chi connectivity index (χ1n) is 6.20. The van der Waals surface area contributed by atoms with Crippen LogP contribution in [0.4, 0.5) is 0 Å². The smallest absolute Gasteiger partial charge is 0.0230 e. The highest BCUT2D eigenvalue weighted by Gasteiger charge is 2.17. The largest absolute Gasteiger partial charge is 0.249 e. The number of benzene rings is 1. The van der Waals surface area contributed by atoms with Crippen molar-refractivity contribution in [3.05, 3.63) is 29.8 Å². The lowest BCUT2D eigenvalue weighted by molar-refractivity contribution is 0.421. The van der Waals surface area contributed by atoms with Crippen LogP contribution in [-0.2, 0) is 0 Å². The molecule has 1 aliphatic rings. The number of rotatable bonds is 4. The lowest BCUT2D eigenvalue weighted by Crippen LogP contribution is -2.17. The lowest BCUT2D eigenvalue weighted by Gasteiger charge is -2.19. The second kappa shape index (κ2) is 5.74. The SMILES string of the molecule is Cc1ccc(SN(C)CC2CCCC2)cc1. The van der Waals surface area contributed by atoms with Crippen LogP contribution in [0.3, 0.4) is 0 Å². The average Bonchev–Trinajstić information content (AvgIpc) is 2.74. The maximum absolute atomic E-state index is 2.39. The molecule has 0 unspecified atom stereocenters. The second-order valence-electron chi connectivity index (χ2n) is 4.87. The maximum atomic E-state index is 2.39. The van der Waals surface area contributed by atoms with E-state index >= 15 is 0 Å². The van der Waals surface area contributed by atoms with Crippen molar-refractivity contribution in [2.45, 2.75) is 37.5 Å². The lowest BCUT2D eigenvalue weighted by atomic mass is 10.1. The van der Waals surface area contributed by atoms with Gasteiger partial charge in [0.25, 0.3) is 0 Å². The van der Waals surface area contributed by atoms with Gasteiger partial charge in [-0.15, -0.1) is 0 Å². The van der Waals surface area contributed by atoms with E-state index < -0.39 is 0 Å². The summed E-state index contributed by atoms with van der Waals surface area (Å²) in [5.41, 5.74) is 1.34. The van der Waals surface area contributed by atoms with Crippen molar-refractivity contribution in [3.8, 4) is 0 Å². The molecule has 0 aromatic heterocycles. The Morgan fingerprint density at radius 2 is 1.81 bits per heavy atom. The molecule has 1 aromatic rings. The van der Waals surface area contributed by atoms with Crippen LogP contribution in [0.15, 0.2) is 29.2 Å². The molecule has 1 fully saturated rings. The van der Waals surface area contributed by atoms with E-state index in [1.165, 1.54) is 42.7 Å². The third-order valence-electron chi connectivity index (χ3n) is 3.27. The second-order valence-corrected chi connectivity index (χ2v) is 6.14. The van der Waals surface area contributed by atoms with Crippen LogP contribution in [0, 0.1) is 12.8 Å². The van der Waals surface area contributed by atoms with Crippen molar-refractivity contribution in [2.24, 2.45) is 5.92 Å². The quantitative estimate of drug-likeness (QED) is 0.722. The Morgan fingerprint density at radius 3 is 2.44 bits per heavy atom. The number of hydrogen-bond acceptors (Lipinski definition) is 2. The Labute approximate surface area is 103 Å². The van der Waals surface area contributed by atoms with Crippen molar-refractivity contribution in [2.75, 3.05) is 13.6 Å². The summed E-state index contributed by atoms with van der Waals surface area (Å²) >= 11 is 1.87. The Morgan fingerprint density at radius 1 is 1.19 bits per heavy atom. The molecule has 16 heavy (non-hydrogen) atoms. The third kappa shape index (κ3) is 3.53. The highest BCUT2D eigenvalue weighted by Crippen LogP contribution is 2.29. The Hall–Kier alpha value is -0.470. The zero-order chi connectivity index (χ0) is 11.4. The minimum absolute atomic E-state index is 0.933. The van der Waals surface area contributed by atoms with Gasteiger partial charge in [0.2, 0.25) is 0 Å². The van der Waals surface area contributed by atoms with E-state index in [1.807, 2.05) is 11.9 Å². The van der Waals surface area contributed by atoms with Gasteiger partial charge in [-0.1, -0.05) is 30.5 Å². The van der Waals surface area contributed by atoms with Crippen LogP contribution >= 0.6 is 11.9 Å². The van der Waals surface area contributed by atoms with Crippen molar-refractivity contribution >= 4 is 11.9 Å². The minimum atomic E-state index is 0.933. The third-order valence-corrected chi connectivity index (χ3v) is 4.22. The van der Waals surface area contributed by atoms with Gasteiger partial charge in [0.1, 0.15) is 0 Å². The van der Waals surface area contributed by atoms with E-state index in [9.17, 15) is 0 Å². The molecular formula is C14H21NS. The van der Waals surface area contributed by atoms with E-state index in [-0.39, 0.29) is 0 Å². The molecule has 0 atom stereocenters. The summed E-state index contributed by atoms with van der Waals surface area (Å²) in [7, 11) is 2.21. The highest BCUT2D eigenvalue weighted by atomic mass is 32.2. The molecule has 0 saturated heterocycles. The molecule has 0 N–H and O–H groups in total. The Kier molecular flexibility index (Phi) is 4.30. The van der Waals surface area contributed by atoms with E-state index in [0.717, 1.165) is 5.92 Å². The summed E-state index contributed by atoms with van der Waals surface area (Å²) in [4.78, 5) is 1.35. The fraction of sp³-hybridized carbons (Fsp3) is 0.571. The van der Waals surface area contributed by atoms with Crippen LogP contribution in [-0.4, -0.2) is 17.9 Å². The van der Waals surface area contributed by atoms with Gasteiger partial charge in [-0.2, -0.15) is 0 Å².